The van der Waals surface area contributed by atoms with Crippen molar-refractivity contribution in [2.75, 3.05) is 13.1 Å². The average molecular weight is 208 g/mol. The maximum atomic E-state index is 12.0. The van der Waals surface area contributed by atoms with Crippen LogP contribution in [-0.4, -0.2) is 29.1 Å². The molecule has 2 heterocycles. The SMILES string of the molecule is CCCc1oncc1C(=O)N1CCCC1. The molecule has 1 fully saturated rings. The van der Waals surface area contributed by atoms with E-state index in [9.17, 15) is 4.79 Å². The number of nitrogens with zero attached hydrogens (tertiary/aromatic N) is 2. The molecule has 4 heteroatoms. The molecular formula is C11H16N2O2. The summed E-state index contributed by atoms with van der Waals surface area (Å²) in [5.41, 5.74) is 0.652. The summed E-state index contributed by atoms with van der Waals surface area (Å²) in [5.74, 6) is 0.812. The lowest BCUT2D eigenvalue weighted by molar-refractivity contribution is 0.0790. The zero-order valence-electron chi connectivity index (χ0n) is 9.03. The largest absolute Gasteiger partial charge is 0.361 e. The van der Waals surface area contributed by atoms with E-state index in [0.29, 0.717) is 5.56 Å². The number of amides is 1. The molecule has 0 radical (unpaired) electrons. The van der Waals surface area contributed by atoms with Crippen molar-refractivity contribution < 1.29 is 9.32 Å². The molecule has 1 aliphatic heterocycles. The first-order valence-corrected chi connectivity index (χ1v) is 5.55. The molecule has 15 heavy (non-hydrogen) atoms. The molecule has 0 unspecified atom stereocenters. The minimum absolute atomic E-state index is 0.0807. The summed E-state index contributed by atoms with van der Waals surface area (Å²) in [6.45, 7) is 3.80. The van der Waals surface area contributed by atoms with E-state index < -0.39 is 0 Å². The smallest absolute Gasteiger partial charge is 0.259 e. The summed E-state index contributed by atoms with van der Waals surface area (Å²) in [6, 6.07) is 0. The topological polar surface area (TPSA) is 46.3 Å². The third-order valence-electron chi connectivity index (χ3n) is 2.75. The van der Waals surface area contributed by atoms with E-state index >= 15 is 0 Å². The maximum Gasteiger partial charge on any atom is 0.259 e. The standard InChI is InChI=1S/C11H16N2O2/c1-2-5-10-9(8-12-15-10)11(14)13-6-3-4-7-13/h8H,2-7H2,1H3. The highest BCUT2D eigenvalue weighted by Crippen LogP contribution is 2.16. The molecule has 82 valence electrons. The highest BCUT2D eigenvalue weighted by atomic mass is 16.5. The summed E-state index contributed by atoms with van der Waals surface area (Å²) in [5, 5.41) is 3.71. The third-order valence-corrected chi connectivity index (χ3v) is 2.75. The number of hydrogen-bond donors (Lipinski definition) is 0. The predicted octanol–water partition coefficient (Wildman–Crippen LogP) is 1.86. The molecule has 1 amide bonds. The van der Waals surface area contributed by atoms with Crippen molar-refractivity contribution in [1.82, 2.24) is 10.1 Å². The van der Waals surface area contributed by atoms with Gasteiger partial charge in [0, 0.05) is 19.5 Å². The summed E-state index contributed by atoms with van der Waals surface area (Å²) in [4.78, 5) is 13.9. The van der Waals surface area contributed by atoms with E-state index in [-0.39, 0.29) is 5.91 Å². The fraction of sp³-hybridized carbons (Fsp3) is 0.636. The number of carbonyl (C=O) groups is 1. The van der Waals surface area contributed by atoms with Crippen molar-refractivity contribution in [1.29, 1.82) is 0 Å². The van der Waals surface area contributed by atoms with Crippen LogP contribution in [0.4, 0.5) is 0 Å². The molecule has 0 aromatic carbocycles. The molecule has 1 saturated heterocycles. The Labute approximate surface area is 89.2 Å². The van der Waals surface area contributed by atoms with Crippen LogP contribution in [0.1, 0.15) is 42.3 Å². The zero-order chi connectivity index (χ0) is 10.7. The van der Waals surface area contributed by atoms with Crippen LogP contribution in [0.25, 0.3) is 0 Å². The quantitative estimate of drug-likeness (QED) is 0.761. The summed E-state index contributed by atoms with van der Waals surface area (Å²) in [6.07, 6.45) is 5.52. The first kappa shape index (κ1) is 10.2. The molecular weight excluding hydrogens is 192 g/mol. The Kier molecular flexibility index (Phi) is 3.04. The second kappa shape index (κ2) is 4.47. The Hall–Kier alpha value is -1.32. The highest BCUT2D eigenvalue weighted by molar-refractivity contribution is 5.95. The van der Waals surface area contributed by atoms with Crippen LogP contribution < -0.4 is 0 Å². The lowest BCUT2D eigenvalue weighted by atomic mass is 10.1. The molecule has 1 aromatic heterocycles. The average Bonchev–Trinajstić information content (AvgIpc) is 2.87. The monoisotopic (exact) mass is 208 g/mol. The first-order valence-electron chi connectivity index (χ1n) is 5.55. The molecule has 1 aliphatic rings. The van der Waals surface area contributed by atoms with E-state index in [1.54, 1.807) is 6.20 Å². The molecule has 0 bridgehead atoms. The Bertz CT molecular complexity index is 340. The van der Waals surface area contributed by atoms with E-state index in [1.165, 1.54) is 0 Å². The summed E-state index contributed by atoms with van der Waals surface area (Å²) >= 11 is 0. The second-order valence-electron chi connectivity index (χ2n) is 3.91. The van der Waals surface area contributed by atoms with Gasteiger partial charge < -0.3 is 9.42 Å². The minimum Gasteiger partial charge on any atom is -0.361 e. The highest BCUT2D eigenvalue weighted by Gasteiger charge is 2.23. The molecule has 0 N–H and O–H groups in total. The lowest BCUT2D eigenvalue weighted by Crippen LogP contribution is -2.27. The molecule has 2 rings (SSSR count). The third kappa shape index (κ3) is 2.03. The summed E-state index contributed by atoms with van der Waals surface area (Å²) in [7, 11) is 0. The van der Waals surface area contributed by atoms with Crippen LogP contribution in [0, 0.1) is 0 Å². The molecule has 4 nitrogen and oxygen atoms in total. The Morgan fingerprint density at radius 1 is 1.53 bits per heavy atom. The number of aryl methyl sites for hydroxylation is 1. The van der Waals surface area contributed by atoms with Gasteiger partial charge in [-0.05, 0) is 19.3 Å². The zero-order valence-corrected chi connectivity index (χ0v) is 9.03. The molecule has 0 saturated carbocycles. The van der Waals surface area contributed by atoms with Crippen molar-refractivity contribution in [2.24, 2.45) is 0 Å². The van der Waals surface area contributed by atoms with Gasteiger partial charge in [0.1, 0.15) is 11.3 Å². The van der Waals surface area contributed by atoms with Crippen LogP contribution in [-0.2, 0) is 6.42 Å². The Morgan fingerprint density at radius 2 is 2.27 bits per heavy atom. The fourth-order valence-corrected chi connectivity index (χ4v) is 1.94. The first-order chi connectivity index (χ1) is 7.33. The van der Waals surface area contributed by atoms with Crippen molar-refractivity contribution in [3.63, 3.8) is 0 Å². The van der Waals surface area contributed by atoms with E-state index in [0.717, 1.165) is 44.5 Å². The normalized spacial score (nSPS) is 15.9. The predicted molar refractivity (Wildman–Crippen MR) is 55.6 cm³/mol. The van der Waals surface area contributed by atoms with Gasteiger partial charge in [0.2, 0.25) is 0 Å². The minimum atomic E-state index is 0.0807. The number of hydrogen-bond acceptors (Lipinski definition) is 3. The van der Waals surface area contributed by atoms with Crippen LogP contribution >= 0.6 is 0 Å². The number of carbonyl (C=O) groups excluding carboxylic acids is 1. The molecule has 1 aromatic rings. The lowest BCUT2D eigenvalue weighted by Gasteiger charge is -2.13. The maximum absolute atomic E-state index is 12.0. The van der Waals surface area contributed by atoms with Crippen molar-refractivity contribution in [2.45, 2.75) is 32.6 Å². The second-order valence-corrected chi connectivity index (χ2v) is 3.91. The van der Waals surface area contributed by atoms with Crippen LogP contribution in [0.15, 0.2) is 10.7 Å². The van der Waals surface area contributed by atoms with Gasteiger partial charge >= 0.3 is 0 Å². The molecule has 0 spiro atoms. The van der Waals surface area contributed by atoms with Crippen molar-refractivity contribution in [3.8, 4) is 0 Å². The van der Waals surface area contributed by atoms with E-state index in [1.807, 2.05) is 4.90 Å². The summed E-state index contributed by atoms with van der Waals surface area (Å²) < 4.78 is 5.09. The van der Waals surface area contributed by atoms with E-state index in [4.69, 9.17) is 4.52 Å². The Balaban J connectivity index is 2.13. The van der Waals surface area contributed by atoms with Gasteiger partial charge in [0.05, 0.1) is 6.20 Å². The van der Waals surface area contributed by atoms with E-state index in [2.05, 4.69) is 12.1 Å². The number of rotatable bonds is 3. The van der Waals surface area contributed by atoms with Crippen LogP contribution in [0.5, 0.6) is 0 Å². The van der Waals surface area contributed by atoms with Gasteiger partial charge in [0.25, 0.3) is 5.91 Å². The van der Waals surface area contributed by atoms with Crippen molar-refractivity contribution >= 4 is 5.91 Å². The van der Waals surface area contributed by atoms with Gasteiger partial charge in [-0.1, -0.05) is 12.1 Å². The van der Waals surface area contributed by atoms with Gasteiger partial charge in [-0.25, -0.2) is 0 Å². The van der Waals surface area contributed by atoms with Gasteiger partial charge in [0.15, 0.2) is 0 Å². The Morgan fingerprint density at radius 3 is 2.93 bits per heavy atom. The van der Waals surface area contributed by atoms with Crippen LogP contribution in [0.2, 0.25) is 0 Å². The van der Waals surface area contributed by atoms with Crippen molar-refractivity contribution in [3.05, 3.63) is 17.5 Å². The fourth-order valence-electron chi connectivity index (χ4n) is 1.94. The molecule has 0 aliphatic carbocycles. The van der Waals surface area contributed by atoms with Crippen LogP contribution in [0.3, 0.4) is 0 Å². The van der Waals surface area contributed by atoms with Gasteiger partial charge in [-0.15, -0.1) is 0 Å². The molecule has 0 atom stereocenters. The number of aromatic nitrogens is 1. The van der Waals surface area contributed by atoms with Gasteiger partial charge in [-0.2, -0.15) is 0 Å². The number of likely N-dealkylation sites (tertiary alicyclic amines) is 1. The van der Waals surface area contributed by atoms with Gasteiger partial charge in [-0.3, -0.25) is 4.79 Å².